The molecule has 4 nitrogen and oxygen atoms in total. The van der Waals surface area contributed by atoms with Crippen molar-refractivity contribution in [3.05, 3.63) is 0 Å². The van der Waals surface area contributed by atoms with Gasteiger partial charge in [0.25, 0.3) is 0 Å². The predicted octanol–water partition coefficient (Wildman–Crippen LogP) is 0.354. The highest BCUT2D eigenvalue weighted by molar-refractivity contribution is 5.04. The number of hydrogen-bond donors (Lipinski definition) is 2. The smallest absolute Gasteiger partial charge is 0.0332 e. The van der Waals surface area contributed by atoms with Crippen molar-refractivity contribution >= 4 is 0 Å². The highest BCUT2D eigenvalue weighted by Crippen LogP contribution is 2.33. The third kappa shape index (κ3) is 2.57. The molecule has 0 saturated carbocycles. The first-order valence-electron chi connectivity index (χ1n) is 7.38. The maximum Gasteiger partial charge on any atom is 0.0332 e. The summed E-state index contributed by atoms with van der Waals surface area (Å²) in [7, 11) is 0. The Bertz CT molecular complexity index is 235. The van der Waals surface area contributed by atoms with E-state index in [1.54, 1.807) is 0 Å². The van der Waals surface area contributed by atoms with Gasteiger partial charge in [0, 0.05) is 63.4 Å². The molecule has 0 aromatic rings. The van der Waals surface area contributed by atoms with Crippen LogP contribution in [0.1, 0.15) is 27.7 Å². The van der Waals surface area contributed by atoms with Crippen molar-refractivity contribution in [2.24, 2.45) is 0 Å². The monoisotopic (exact) mass is 254 g/mol. The molecule has 2 aliphatic rings. The lowest BCUT2D eigenvalue weighted by atomic mass is 9.78. The second kappa shape index (κ2) is 5.45. The quantitative estimate of drug-likeness (QED) is 0.761. The SMILES string of the molecule is CC(C)(N1CCNCC1)C(C)(C)N1CCNCC1. The Morgan fingerprint density at radius 3 is 1.17 bits per heavy atom. The summed E-state index contributed by atoms with van der Waals surface area (Å²) >= 11 is 0. The Kier molecular flexibility index (Phi) is 4.32. The van der Waals surface area contributed by atoms with E-state index in [-0.39, 0.29) is 11.1 Å². The zero-order valence-corrected chi connectivity index (χ0v) is 12.6. The highest BCUT2D eigenvalue weighted by atomic mass is 15.3. The molecule has 0 atom stereocenters. The lowest BCUT2D eigenvalue weighted by Gasteiger charge is -2.56. The molecule has 2 saturated heterocycles. The molecule has 2 heterocycles. The van der Waals surface area contributed by atoms with Crippen LogP contribution >= 0.6 is 0 Å². The van der Waals surface area contributed by atoms with Crippen LogP contribution in [0.2, 0.25) is 0 Å². The molecule has 0 aliphatic carbocycles. The Balaban J connectivity index is 2.09. The topological polar surface area (TPSA) is 30.5 Å². The molecule has 0 bridgehead atoms. The zero-order chi connectivity index (χ0) is 13.2. The summed E-state index contributed by atoms with van der Waals surface area (Å²) in [6.07, 6.45) is 0. The summed E-state index contributed by atoms with van der Waals surface area (Å²) in [6, 6.07) is 0. The zero-order valence-electron chi connectivity index (χ0n) is 12.6. The molecule has 4 heteroatoms. The standard InChI is InChI=1S/C14H30N4/c1-13(2,17-9-5-15-6-10-17)14(3,4)18-11-7-16-8-12-18/h15-16H,5-12H2,1-4H3. The number of nitrogens with zero attached hydrogens (tertiary/aromatic N) is 2. The average Bonchev–Trinajstić information content (AvgIpc) is 2.40. The van der Waals surface area contributed by atoms with Crippen molar-refractivity contribution in [2.75, 3.05) is 52.4 Å². The van der Waals surface area contributed by atoms with E-state index in [0.29, 0.717) is 0 Å². The summed E-state index contributed by atoms with van der Waals surface area (Å²) in [5.41, 5.74) is 0.429. The fraction of sp³-hybridized carbons (Fsp3) is 1.00. The molecular formula is C14H30N4. The number of piperazine rings is 2. The lowest BCUT2D eigenvalue weighted by molar-refractivity contribution is -0.0456. The summed E-state index contributed by atoms with van der Waals surface area (Å²) in [5, 5.41) is 6.91. The minimum Gasteiger partial charge on any atom is -0.314 e. The first-order chi connectivity index (χ1) is 8.46. The van der Waals surface area contributed by atoms with Gasteiger partial charge in [-0.3, -0.25) is 9.80 Å². The third-order valence-corrected chi connectivity index (χ3v) is 5.31. The van der Waals surface area contributed by atoms with Crippen LogP contribution in [0.4, 0.5) is 0 Å². The molecule has 0 aromatic heterocycles. The maximum absolute atomic E-state index is 3.45. The van der Waals surface area contributed by atoms with Gasteiger partial charge in [0.1, 0.15) is 0 Å². The second-order valence-electron chi connectivity index (χ2n) is 6.59. The van der Waals surface area contributed by atoms with Crippen LogP contribution in [0, 0.1) is 0 Å². The van der Waals surface area contributed by atoms with Gasteiger partial charge in [-0.25, -0.2) is 0 Å². The van der Waals surface area contributed by atoms with Gasteiger partial charge in [-0.05, 0) is 27.7 Å². The van der Waals surface area contributed by atoms with Crippen molar-refractivity contribution in [2.45, 2.75) is 38.8 Å². The van der Waals surface area contributed by atoms with E-state index in [2.05, 4.69) is 48.1 Å². The van der Waals surface area contributed by atoms with E-state index in [4.69, 9.17) is 0 Å². The van der Waals surface area contributed by atoms with Gasteiger partial charge in [0.05, 0.1) is 0 Å². The molecule has 2 fully saturated rings. The summed E-state index contributed by atoms with van der Waals surface area (Å²) in [4.78, 5) is 5.32. The molecule has 2 rings (SSSR count). The van der Waals surface area contributed by atoms with Crippen LogP contribution in [0.15, 0.2) is 0 Å². The van der Waals surface area contributed by atoms with E-state index in [0.717, 1.165) is 26.2 Å². The normalized spacial score (nSPS) is 25.3. The summed E-state index contributed by atoms with van der Waals surface area (Å²) < 4.78 is 0. The van der Waals surface area contributed by atoms with Crippen LogP contribution in [0.3, 0.4) is 0 Å². The van der Waals surface area contributed by atoms with Gasteiger partial charge >= 0.3 is 0 Å². The van der Waals surface area contributed by atoms with E-state index in [1.807, 2.05) is 0 Å². The van der Waals surface area contributed by atoms with Crippen LogP contribution in [0.5, 0.6) is 0 Å². The molecule has 106 valence electrons. The Morgan fingerprint density at radius 2 is 0.889 bits per heavy atom. The summed E-state index contributed by atoms with van der Waals surface area (Å²) in [6.45, 7) is 18.8. The Hall–Kier alpha value is -0.160. The number of nitrogens with one attached hydrogen (secondary N) is 2. The molecule has 0 aromatic carbocycles. The Labute approximate surface area is 112 Å². The van der Waals surface area contributed by atoms with Gasteiger partial charge in [-0.15, -0.1) is 0 Å². The van der Waals surface area contributed by atoms with Crippen LogP contribution in [-0.2, 0) is 0 Å². The fourth-order valence-corrected chi connectivity index (χ4v) is 3.22. The number of rotatable bonds is 3. The molecule has 0 spiro atoms. The van der Waals surface area contributed by atoms with Crippen LogP contribution < -0.4 is 10.6 Å². The van der Waals surface area contributed by atoms with E-state index in [1.165, 1.54) is 26.2 Å². The van der Waals surface area contributed by atoms with Gasteiger partial charge < -0.3 is 10.6 Å². The van der Waals surface area contributed by atoms with E-state index < -0.39 is 0 Å². The maximum atomic E-state index is 3.45. The predicted molar refractivity (Wildman–Crippen MR) is 77.0 cm³/mol. The molecule has 0 radical (unpaired) electrons. The minimum atomic E-state index is 0.215. The van der Waals surface area contributed by atoms with Crippen molar-refractivity contribution in [3.63, 3.8) is 0 Å². The van der Waals surface area contributed by atoms with Crippen LogP contribution in [0.25, 0.3) is 0 Å². The lowest BCUT2D eigenvalue weighted by Crippen LogP contribution is -2.69. The van der Waals surface area contributed by atoms with E-state index in [9.17, 15) is 0 Å². The first kappa shape index (κ1) is 14.3. The largest absolute Gasteiger partial charge is 0.314 e. The summed E-state index contributed by atoms with van der Waals surface area (Å²) in [5.74, 6) is 0. The van der Waals surface area contributed by atoms with Crippen molar-refractivity contribution < 1.29 is 0 Å². The second-order valence-corrected chi connectivity index (χ2v) is 6.59. The van der Waals surface area contributed by atoms with Gasteiger partial charge in [0.2, 0.25) is 0 Å². The minimum absolute atomic E-state index is 0.215. The van der Waals surface area contributed by atoms with Crippen molar-refractivity contribution in [3.8, 4) is 0 Å². The van der Waals surface area contributed by atoms with Gasteiger partial charge in [-0.1, -0.05) is 0 Å². The highest BCUT2D eigenvalue weighted by Gasteiger charge is 2.45. The van der Waals surface area contributed by atoms with Crippen molar-refractivity contribution in [1.82, 2.24) is 20.4 Å². The van der Waals surface area contributed by atoms with Crippen LogP contribution in [-0.4, -0.2) is 73.2 Å². The van der Waals surface area contributed by atoms with Gasteiger partial charge in [-0.2, -0.15) is 0 Å². The molecule has 2 aliphatic heterocycles. The average molecular weight is 254 g/mol. The molecule has 2 N–H and O–H groups in total. The molecule has 18 heavy (non-hydrogen) atoms. The van der Waals surface area contributed by atoms with E-state index >= 15 is 0 Å². The fourth-order valence-electron chi connectivity index (χ4n) is 3.22. The molecular weight excluding hydrogens is 224 g/mol. The Morgan fingerprint density at radius 1 is 0.611 bits per heavy atom. The van der Waals surface area contributed by atoms with Crippen molar-refractivity contribution in [1.29, 1.82) is 0 Å². The first-order valence-corrected chi connectivity index (χ1v) is 7.38. The third-order valence-electron chi connectivity index (χ3n) is 5.31. The molecule has 0 amide bonds. The van der Waals surface area contributed by atoms with Gasteiger partial charge in [0.15, 0.2) is 0 Å². The number of hydrogen-bond acceptors (Lipinski definition) is 4. The molecule has 0 unspecified atom stereocenters.